The van der Waals surface area contributed by atoms with E-state index in [-0.39, 0.29) is 5.12 Å². The summed E-state index contributed by atoms with van der Waals surface area (Å²) in [4.78, 5) is 10.7. The van der Waals surface area contributed by atoms with Gasteiger partial charge in [0.05, 0.1) is 12.4 Å². The summed E-state index contributed by atoms with van der Waals surface area (Å²) in [5, 5.41) is 0.0948. The zero-order valence-corrected chi connectivity index (χ0v) is 10.3. The van der Waals surface area contributed by atoms with Crippen molar-refractivity contribution in [1.82, 2.24) is 0 Å². The number of hydrogen-bond donors (Lipinski definition) is 0. The van der Waals surface area contributed by atoms with Crippen molar-refractivity contribution in [2.75, 3.05) is 12.4 Å². The maximum absolute atomic E-state index is 10.7. The largest absolute Gasteiger partial charge is 0.494 e. The van der Waals surface area contributed by atoms with Crippen LogP contribution in [0.25, 0.3) is 0 Å². The van der Waals surface area contributed by atoms with E-state index in [2.05, 4.69) is 11.8 Å². The third kappa shape index (κ3) is 4.90. The van der Waals surface area contributed by atoms with E-state index in [1.54, 1.807) is 6.92 Å². The molecule has 0 aromatic heterocycles. The highest BCUT2D eigenvalue weighted by Gasteiger charge is 1.93. The fourth-order valence-electron chi connectivity index (χ4n) is 1.11. The van der Waals surface area contributed by atoms with Crippen LogP contribution in [-0.2, 0) is 4.79 Å². The first kappa shape index (κ1) is 12.7. The van der Waals surface area contributed by atoms with Gasteiger partial charge in [-0.25, -0.2) is 0 Å². The van der Waals surface area contributed by atoms with Crippen LogP contribution in [-0.4, -0.2) is 17.5 Å². The molecule has 0 amide bonds. The molecule has 0 aliphatic rings. The molecule has 0 radical (unpaired) electrons. The number of ether oxygens (including phenoxy) is 1. The number of rotatable bonds is 3. The fourth-order valence-corrected chi connectivity index (χ4v) is 1.45. The van der Waals surface area contributed by atoms with Crippen LogP contribution in [0.15, 0.2) is 24.3 Å². The van der Waals surface area contributed by atoms with Crippen molar-refractivity contribution in [2.45, 2.75) is 13.8 Å². The number of hydrogen-bond acceptors (Lipinski definition) is 3. The number of carbonyl (C=O) groups excluding carboxylic acids is 1. The van der Waals surface area contributed by atoms with E-state index in [9.17, 15) is 4.79 Å². The first-order chi connectivity index (χ1) is 7.72. The number of benzene rings is 1. The van der Waals surface area contributed by atoms with Gasteiger partial charge in [0.2, 0.25) is 0 Å². The Kier molecular flexibility index (Phi) is 5.52. The lowest BCUT2D eigenvalue weighted by Crippen LogP contribution is -1.91. The summed E-state index contributed by atoms with van der Waals surface area (Å²) < 4.78 is 5.36. The lowest BCUT2D eigenvalue weighted by molar-refractivity contribution is -0.109. The van der Waals surface area contributed by atoms with Crippen LogP contribution in [0.2, 0.25) is 0 Å². The van der Waals surface area contributed by atoms with Gasteiger partial charge in [0.25, 0.3) is 0 Å². The summed E-state index contributed by atoms with van der Waals surface area (Å²) in [5.41, 5.74) is 0.912. The van der Waals surface area contributed by atoms with Crippen LogP contribution in [0.1, 0.15) is 19.4 Å². The summed E-state index contributed by atoms with van der Waals surface area (Å²) in [7, 11) is 0. The third-order valence-electron chi connectivity index (χ3n) is 1.73. The third-order valence-corrected chi connectivity index (χ3v) is 2.42. The van der Waals surface area contributed by atoms with E-state index in [0.717, 1.165) is 11.3 Å². The van der Waals surface area contributed by atoms with Gasteiger partial charge < -0.3 is 4.74 Å². The minimum Gasteiger partial charge on any atom is -0.494 e. The Morgan fingerprint density at radius 3 is 3.00 bits per heavy atom. The van der Waals surface area contributed by atoms with Gasteiger partial charge in [0.15, 0.2) is 5.12 Å². The molecule has 16 heavy (non-hydrogen) atoms. The molecule has 0 N–H and O–H groups in total. The molecule has 1 aromatic rings. The Morgan fingerprint density at radius 1 is 1.50 bits per heavy atom. The zero-order valence-electron chi connectivity index (χ0n) is 9.45. The summed E-state index contributed by atoms with van der Waals surface area (Å²) in [6.45, 7) is 4.14. The van der Waals surface area contributed by atoms with Gasteiger partial charge in [-0.3, -0.25) is 4.79 Å². The first-order valence-electron chi connectivity index (χ1n) is 5.07. The van der Waals surface area contributed by atoms with Gasteiger partial charge in [0.1, 0.15) is 5.75 Å². The number of carbonyl (C=O) groups is 1. The van der Waals surface area contributed by atoms with Crippen LogP contribution in [0.3, 0.4) is 0 Å². The normalized spacial score (nSPS) is 9.12. The smallest absolute Gasteiger partial charge is 0.186 e. The molecular formula is C13H14O2S. The molecule has 0 aliphatic carbocycles. The van der Waals surface area contributed by atoms with E-state index in [1.807, 2.05) is 31.2 Å². The minimum absolute atomic E-state index is 0.0948. The van der Waals surface area contributed by atoms with Gasteiger partial charge in [-0.2, -0.15) is 0 Å². The summed E-state index contributed by atoms with van der Waals surface area (Å²) >= 11 is 1.22. The van der Waals surface area contributed by atoms with E-state index < -0.39 is 0 Å². The standard InChI is InChI=1S/C13H14O2S/c1-3-15-13-8-4-6-12(10-13)7-5-9-16-11(2)14/h4,6,8,10H,3,9H2,1-2H3. The van der Waals surface area contributed by atoms with Crippen molar-refractivity contribution in [3.8, 4) is 17.6 Å². The molecule has 0 heterocycles. The Hall–Kier alpha value is -1.40. The van der Waals surface area contributed by atoms with Crippen molar-refractivity contribution in [1.29, 1.82) is 0 Å². The second-order valence-corrected chi connectivity index (χ2v) is 4.20. The predicted octanol–water partition coefficient (Wildman–Crippen LogP) is 2.72. The average molecular weight is 234 g/mol. The van der Waals surface area contributed by atoms with Crippen molar-refractivity contribution >= 4 is 16.9 Å². The first-order valence-corrected chi connectivity index (χ1v) is 6.06. The van der Waals surface area contributed by atoms with Crippen LogP contribution in [0.5, 0.6) is 5.75 Å². The molecule has 1 rings (SSSR count). The molecule has 0 aliphatic heterocycles. The van der Waals surface area contributed by atoms with E-state index in [1.165, 1.54) is 11.8 Å². The molecule has 3 heteroatoms. The molecule has 0 saturated heterocycles. The molecule has 0 atom stereocenters. The predicted molar refractivity (Wildman–Crippen MR) is 67.6 cm³/mol. The van der Waals surface area contributed by atoms with E-state index in [0.29, 0.717) is 12.4 Å². The molecule has 0 bridgehead atoms. The van der Waals surface area contributed by atoms with Crippen LogP contribution in [0, 0.1) is 11.8 Å². The molecule has 84 valence electrons. The average Bonchev–Trinajstić information content (AvgIpc) is 2.25. The van der Waals surface area contributed by atoms with Crippen molar-refractivity contribution in [3.05, 3.63) is 29.8 Å². The lowest BCUT2D eigenvalue weighted by atomic mass is 10.2. The summed E-state index contributed by atoms with van der Waals surface area (Å²) in [6.07, 6.45) is 0. The molecular weight excluding hydrogens is 220 g/mol. The summed E-state index contributed by atoms with van der Waals surface area (Å²) in [6, 6.07) is 7.63. The minimum atomic E-state index is 0.0948. The molecule has 0 fully saturated rings. The zero-order chi connectivity index (χ0) is 11.8. The maximum atomic E-state index is 10.7. The second-order valence-electron chi connectivity index (χ2n) is 3.04. The van der Waals surface area contributed by atoms with Gasteiger partial charge in [-0.05, 0) is 25.1 Å². The SMILES string of the molecule is CCOc1cccc(C#CCSC(C)=O)c1. The second kappa shape index (κ2) is 6.97. The summed E-state index contributed by atoms with van der Waals surface area (Å²) in [5.74, 6) is 7.30. The molecule has 0 saturated carbocycles. The lowest BCUT2D eigenvalue weighted by Gasteiger charge is -2.01. The molecule has 2 nitrogen and oxygen atoms in total. The van der Waals surface area contributed by atoms with Gasteiger partial charge in [0, 0.05) is 12.5 Å². The number of thioether (sulfide) groups is 1. The van der Waals surface area contributed by atoms with Crippen molar-refractivity contribution in [3.63, 3.8) is 0 Å². The van der Waals surface area contributed by atoms with Crippen LogP contribution in [0.4, 0.5) is 0 Å². The van der Waals surface area contributed by atoms with E-state index in [4.69, 9.17) is 4.74 Å². The van der Waals surface area contributed by atoms with Crippen LogP contribution < -0.4 is 4.74 Å². The molecule has 1 aromatic carbocycles. The maximum Gasteiger partial charge on any atom is 0.186 e. The fraction of sp³-hybridized carbons (Fsp3) is 0.308. The Balaban J connectivity index is 2.58. The van der Waals surface area contributed by atoms with Gasteiger partial charge >= 0.3 is 0 Å². The quantitative estimate of drug-likeness (QED) is 0.752. The Morgan fingerprint density at radius 2 is 2.31 bits per heavy atom. The molecule has 0 unspecified atom stereocenters. The monoisotopic (exact) mass is 234 g/mol. The highest BCUT2D eigenvalue weighted by molar-refractivity contribution is 8.13. The topological polar surface area (TPSA) is 26.3 Å². The highest BCUT2D eigenvalue weighted by Crippen LogP contribution is 2.12. The van der Waals surface area contributed by atoms with Crippen molar-refractivity contribution in [2.24, 2.45) is 0 Å². The van der Waals surface area contributed by atoms with Crippen LogP contribution >= 0.6 is 11.8 Å². The molecule has 0 spiro atoms. The van der Waals surface area contributed by atoms with E-state index >= 15 is 0 Å². The Labute approximate surface area is 100 Å². The van der Waals surface area contributed by atoms with Gasteiger partial charge in [-0.1, -0.05) is 29.7 Å². The Bertz CT molecular complexity index is 415. The van der Waals surface area contributed by atoms with Crippen molar-refractivity contribution < 1.29 is 9.53 Å². The van der Waals surface area contributed by atoms with Gasteiger partial charge in [-0.15, -0.1) is 0 Å². The highest BCUT2D eigenvalue weighted by atomic mass is 32.2.